The van der Waals surface area contributed by atoms with Crippen molar-refractivity contribution >= 4 is 27.3 Å². The van der Waals surface area contributed by atoms with Crippen LogP contribution in [-0.2, 0) is 0 Å². The van der Waals surface area contributed by atoms with E-state index in [0.29, 0.717) is 0 Å². The Morgan fingerprint density at radius 3 is 2.53 bits per heavy atom. The molecule has 0 saturated heterocycles. The van der Waals surface area contributed by atoms with Crippen LogP contribution >= 0.6 is 27.3 Å². The zero-order valence-electron chi connectivity index (χ0n) is 9.78. The molecule has 1 aromatic heterocycles. The lowest BCUT2D eigenvalue weighted by molar-refractivity contribution is 0.404. The molecule has 0 aliphatic rings. The van der Waals surface area contributed by atoms with E-state index in [-0.39, 0.29) is 0 Å². The third kappa shape index (κ3) is 2.45. The standard InChI is InChI=1S/C12H12BrNO2S/c1-7-11(14-12(13)17-7)9-6-8(15-2)4-5-10(9)16-3/h4-6H,1-3H3. The summed E-state index contributed by atoms with van der Waals surface area (Å²) in [6, 6.07) is 5.70. The largest absolute Gasteiger partial charge is 0.497 e. The SMILES string of the molecule is COc1ccc(OC)c(-c2nc(Br)sc2C)c1. The summed E-state index contributed by atoms with van der Waals surface area (Å²) in [5.74, 6) is 1.59. The number of benzene rings is 1. The molecule has 2 aromatic rings. The number of aryl methyl sites for hydroxylation is 1. The Labute approximate surface area is 113 Å². The predicted octanol–water partition coefficient (Wildman–Crippen LogP) is 3.90. The summed E-state index contributed by atoms with van der Waals surface area (Å²) in [5.41, 5.74) is 1.88. The van der Waals surface area contributed by atoms with Gasteiger partial charge in [0.2, 0.25) is 0 Å². The van der Waals surface area contributed by atoms with Crippen LogP contribution < -0.4 is 9.47 Å². The van der Waals surface area contributed by atoms with E-state index >= 15 is 0 Å². The van der Waals surface area contributed by atoms with E-state index < -0.39 is 0 Å². The van der Waals surface area contributed by atoms with Gasteiger partial charge in [-0.2, -0.15) is 0 Å². The van der Waals surface area contributed by atoms with Gasteiger partial charge in [-0.1, -0.05) is 0 Å². The first-order valence-electron chi connectivity index (χ1n) is 5.01. The van der Waals surface area contributed by atoms with Gasteiger partial charge in [-0.05, 0) is 41.1 Å². The van der Waals surface area contributed by atoms with Crippen LogP contribution in [0.2, 0.25) is 0 Å². The lowest BCUT2D eigenvalue weighted by Crippen LogP contribution is -1.91. The van der Waals surface area contributed by atoms with Crippen LogP contribution in [0.4, 0.5) is 0 Å². The number of thiazole rings is 1. The van der Waals surface area contributed by atoms with Gasteiger partial charge in [0.05, 0.1) is 19.9 Å². The first kappa shape index (κ1) is 12.4. The van der Waals surface area contributed by atoms with E-state index in [1.165, 1.54) is 0 Å². The molecule has 3 nitrogen and oxygen atoms in total. The highest BCUT2D eigenvalue weighted by Gasteiger charge is 2.14. The van der Waals surface area contributed by atoms with Gasteiger partial charge in [0.15, 0.2) is 3.92 Å². The highest BCUT2D eigenvalue weighted by molar-refractivity contribution is 9.11. The third-order valence-corrected chi connectivity index (χ3v) is 3.85. The maximum Gasteiger partial charge on any atom is 0.160 e. The molecule has 0 fully saturated rings. The molecular weight excluding hydrogens is 302 g/mol. The smallest absolute Gasteiger partial charge is 0.160 e. The van der Waals surface area contributed by atoms with E-state index in [1.807, 2.05) is 25.1 Å². The van der Waals surface area contributed by atoms with Crippen LogP contribution in [0.1, 0.15) is 4.88 Å². The second-order valence-corrected chi connectivity index (χ2v) is 5.92. The monoisotopic (exact) mass is 313 g/mol. The maximum absolute atomic E-state index is 5.36. The van der Waals surface area contributed by atoms with Gasteiger partial charge in [0.25, 0.3) is 0 Å². The summed E-state index contributed by atoms with van der Waals surface area (Å²) in [4.78, 5) is 5.61. The van der Waals surface area contributed by atoms with E-state index in [9.17, 15) is 0 Å². The molecular formula is C12H12BrNO2S. The molecule has 2 rings (SSSR count). The Hall–Kier alpha value is -1.07. The Bertz CT molecular complexity index is 539. The average molecular weight is 314 g/mol. The lowest BCUT2D eigenvalue weighted by Gasteiger charge is -2.09. The van der Waals surface area contributed by atoms with Gasteiger partial charge < -0.3 is 9.47 Å². The first-order valence-corrected chi connectivity index (χ1v) is 6.62. The van der Waals surface area contributed by atoms with Crippen molar-refractivity contribution in [2.24, 2.45) is 0 Å². The van der Waals surface area contributed by atoms with Crippen LogP contribution in [0.3, 0.4) is 0 Å². The fourth-order valence-corrected chi connectivity index (χ4v) is 3.16. The molecule has 0 aliphatic heterocycles. The Morgan fingerprint density at radius 2 is 2.00 bits per heavy atom. The van der Waals surface area contributed by atoms with E-state index in [4.69, 9.17) is 9.47 Å². The predicted molar refractivity (Wildman–Crippen MR) is 73.1 cm³/mol. The molecule has 17 heavy (non-hydrogen) atoms. The first-order chi connectivity index (χ1) is 8.15. The van der Waals surface area contributed by atoms with Crippen LogP contribution in [0.15, 0.2) is 22.1 Å². The summed E-state index contributed by atoms with van der Waals surface area (Å²) in [6.07, 6.45) is 0. The topological polar surface area (TPSA) is 31.4 Å². The quantitative estimate of drug-likeness (QED) is 0.861. The summed E-state index contributed by atoms with van der Waals surface area (Å²) in [5, 5.41) is 0. The van der Waals surface area contributed by atoms with Crippen molar-refractivity contribution in [3.05, 3.63) is 27.0 Å². The van der Waals surface area contributed by atoms with Crippen molar-refractivity contribution in [3.63, 3.8) is 0 Å². The minimum absolute atomic E-state index is 0.796. The van der Waals surface area contributed by atoms with Gasteiger partial charge in [-0.25, -0.2) is 4.98 Å². The molecule has 0 radical (unpaired) electrons. The zero-order valence-corrected chi connectivity index (χ0v) is 12.2. The Kier molecular flexibility index (Phi) is 3.69. The number of hydrogen-bond acceptors (Lipinski definition) is 4. The Balaban J connectivity index is 2.59. The number of halogens is 1. The lowest BCUT2D eigenvalue weighted by atomic mass is 10.1. The summed E-state index contributed by atoms with van der Waals surface area (Å²) in [7, 11) is 3.30. The summed E-state index contributed by atoms with van der Waals surface area (Å²) >= 11 is 5.00. The molecule has 0 saturated carbocycles. The molecule has 5 heteroatoms. The van der Waals surface area contributed by atoms with Crippen LogP contribution in [0, 0.1) is 6.92 Å². The van der Waals surface area contributed by atoms with Gasteiger partial charge in [0.1, 0.15) is 11.5 Å². The van der Waals surface area contributed by atoms with E-state index in [1.54, 1.807) is 25.6 Å². The van der Waals surface area contributed by atoms with E-state index in [2.05, 4.69) is 20.9 Å². The third-order valence-electron chi connectivity index (χ3n) is 2.43. The molecule has 0 unspecified atom stereocenters. The number of rotatable bonds is 3. The van der Waals surface area contributed by atoms with Crippen molar-refractivity contribution < 1.29 is 9.47 Å². The van der Waals surface area contributed by atoms with Gasteiger partial charge in [-0.3, -0.25) is 0 Å². The molecule has 0 amide bonds. The van der Waals surface area contributed by atoms with Crippen LogP contribution in [0.25, 0.3) is 11.3 Å². The molecule has 0 spiro atoms. The molecule has 1 aromatic carbocycles. The second kappa shape index (κ2) is 5.06. The minimum atomic E-state index is 0.796. The van der Waals surface area contributed by atoms with Gasteiger partial charge >= 0.3 is 0 Å². The van der Waals surface area contributed by atoms with Gasteiger partial charge in [-0.15, -0.1) is 11.3 Å². The van der Waals surface area contributed by atoms with Crippen molar-refractivity contribution in [3.8, 4) is 22.8 Å². The molecule has 0 aliphatic carbocycles. The Morgan fingerprint density at radius 1 is 1.24 bits per heavy atom. The molecule has 0 bridgehead atoms. The molecule has 90 valence electrons. The average Bonchev–Trinajstić information content (AvgIpc) is 2.67. The number of aromatic nitrogens is 1. The summed E-state index contributed by atoms with van der Waals surface area (Å²) in [6.45, 7) is 2.04. The van der Waals surface area contributed by atoms with Crippen molar-refractivity contribution in [1.29, 1.82) is 0 Å². The second-order valence-electron chi connectivity index (χ2n) is 3.44. The molecule has 0 N–H and O–H groups in total. The summed E-state index contributed by atoms with van der Waals surface area (Å²) < 4.78 is 11.5. The number of methoxy groups -OCH3 is 2. The number of nitrogens with zero attached hydrogens (tertiary/aromatic N) is 1. The fourth-order valence-electron chi connectivity index (χ4n) is 1.61. The van der Waals surface area contributed by atoms with Gasteiger partial charge in [0, 0.05) is 10.4 Å². The zero-order chi connectivity index (χ0) is 12.4. The molecule has 0 atom stereocenters. The normalized spacial score (nSPS) is 10.4. The number of hydrogen-bond donors (Lipinski definition) is 0. The van der Waals surface area contributed by atoms with Crippen LogP contribution in [-0.4, -0.2) is 19.2 Å². The van der Waals surface area contributed by atoms with Crippen LogP contribution in [0.5, 0.6) is 11.5 Å². The number of ether oxygens (including phenoxy) is 2. The highest BCUT2D eigenvalue weighted by Crippen LogP contribution is 2.37. The van der Waals surface area contributed by atoms with Crippen molar-refractivity contribution in [2.75, 3.05) is 14.2 Å². The maximum atomic E-state index is 5.36. The van der Waals surface area contributed by atoms with Crippen molar-refractivity contribution in [2.45, 2.75) is 6.92 Å². The fraction of sp³-hybridized carbons (Fsp3) is 0.250. The van der Waals surface area contributed by atoms with Crippen molar-refractivity contribution in [1.82, 2.24) is 4.98 Å². The minimum Gasteiger partial charge on any atom is -0.497 e. The molecule has 1 heterocycles. The van der Waals surface area contributed by atoms with E-state index in [0.717, 1.165) is 31.6 Å². The highest BCUT2D eigenvalue weighted by atomic mass is 79.9.